The number of hydrogen-bond donors (Lipinski definition) is 1. The maximum absolute atomic E-state index is 12.4. The number of nitrogens with one attached hydrogen (secondary N) is 1. The van der Waals surface area contributed by atoms with E-state index in [1.165, 1.54) is 50.3 Å². The van der Waals surface area contributed by atoms with Gasteiger partial charge in [-0.1, -0.05) is 56.0 Å². The summed E-state index contributed by atoms with van der Waals surface area (Å²) in [5.74, 6) is 2.24. The van der Waals surface area contributed by atoms with Crippen LogP contribution in [0.3, 0.4) is 0 Å². The summed E-state index contributed by atoms with van der Waals surface area (Å²) in [4.78, 5) is 12.4. The highest BCUT2D eigenvalue weighted by Crippen LogP contribution is 2.28. The van der Waals surface area contributed by atoms with Gasteiger partial charge in [0.25, 0.3) is 0 Å². The molecule has 0 saturated heterocycles. The van der Waals surface area contributed by atoms with E-state index < -0.39 is 0 Å². The molecule has 0 bridgehead atoms. The van der Waals surface area contributed by atoms with Crippen LogP contribution < -0.4 is 5.32 Å². The zero-order valence-electron chi connectivity index (χ0n) is 17.3. The minimum atomic E-state index is -0.00638. The normalized spacial score (nSPS) is 15.0. The van der Waals surface area contributed by atoms with Crippen LogP contribution in [-0.4, -0.2) is 26.4 Å². The van der Waals surface area contributed by atoms with E-state index in [-0.39, 0.29) is 5.91 Å². The van der Waals surface area contributed by atoms with Crippen molar-refractivity contribution in [2.45, 2.75) is 77.4 Å². The van der Waals surface area contributed by atoms with E-state index in [0.717, 1.165) is 46.7 Å². The van der Waals surface area contributed by atoms with Gasteiger partial charge in [-0.3, -0.25) is 4.79 Å². The molecule has 5 nitrogen and oxygen atoms in total. The van der Waals surface area contributed by atoms with Crippen molar-refractivity contribution in [2.24, 2.45) is 5.92 Å². The number of aryl methyl sites for hydroxylation is 3. The first-order valence-corrected chi connectivity index (χ1v) is 11.5. The fraction of sp³-hybridized carbons (Fsp3) is 0.591. The monoisotopic (exact) mass is 400 g/mol. The predicted octanol–water partition coefficient (Wildman–Crippen LogP) is 5.16. The molecule has 6 heteroatoms. The lowest BCUT2D eigenvalue weighted by Crippen LogP contribution is -2.15. The number of rotatable bonds is 8. The van der Waals surface area contributed by atoms with Crippen molar-refractivity contribution in [2.75, 3.05) is 11.1 Å². The average molecular weight is 401 g/mol. The number of benzene rings is 1. The Hall–Kier alpha value is -1.82. The molecule has 2 aromatic rings. The molecular weight excluding hydrogens is 368 g/mol. The third-order valence-corrected chi connectivity index (χ3v) is 6.58. The van der Waals surface area contributed by atoms with Gasteiger partial charge in [0.2, 0.25) is 5.91 Å². The lowest BCUT2D eigenvalue weighted by Gasteiger charge is -2.21. The molecular formula is C22H32N4OS. The summed E-state index contributed by atoms with van der Waals surface area (Å²) in [6, 6.07) is 6.10. The molecule has 3 rings (SSSR count). The van der Waals surface area contributed by atoms with Crippen LogP contribution in [0.5, 0.6) is 0 Å². The summed E-state index contributed by atoms with van der Waals surface area (Å²) >= 11 is 1.47. The molecule has 1 N–H and O–H groups in total. The molecule has 1 aliphatic rings. The summed E-state index contributed by atoms with van der Waals surface area (Å²) in [7, 11) is 0. The third kappa shape index (κ3) is 5.60. The van der Waals surface area contributed by atoms with Crippen LogP contribution in [0.1, 0.15) is 62.4 Å². The summed E-state index contributed by atoms with van der Waals surface area (Å²) in [5, 5.41) is 12.6. The summed E-state index contributed by atoms with van der Waals surface area (Å²) in [6.07, 6.45) is 9.06. The molecule has 1 fully saturated rings. The third-order valence-electron chi connectivity index (χ3n) is 5.61. The first kappa shape index (κ1) is 20.9. The Kier molecular flexibility index (Phi) is 7.54. The largest absolute Gasteiger partial charge is 0.325 e. The molecule has 152 valence electrons. The fourth-order valence-corrected chi connectivity index (χ4v) is 4.75. The molecule has 1 saturated carbocycles. The lowest BCUT2D eigenvalue weighted by atomic mass is 9.86. The van der Waals surface area contributed by atoms with Crippen molar-refractivity contribution >= 4 is 23.4 Å². The Bertz CT molecular complexity index is 796. The van der Waals surface area contributed by atoms with E-state index in [9.17, 15) is 4.79 Å². The summed E-state index contributed by atoms with van der Waals surface area (Å²) < 4.78 is 2.17. The smallest absolute Gasteiger partial charge is 0.234 e. The topological polar surface area (TPSA) is 59.8 Å². The van der Waals surface area contributed by atoms with Crippen molar-refractivity contribution < 1.29 is 4.79 Å². The van der Waals surface area contributed by atoms with Crippen LogP contribution in [0.15, 0.2) is 23.4 Å². The number of carbonyl (C=O) groups excluding carboxylic acids is 1. The van der Waals surface area contributed by atoms with Crippen molar-refractivity contribution in [1.82, 2.24) is 14.8 Å². The molecule has 0 unspecified atom stereocenters. The number of carbonyl (C=O) groups is 1. The van der Waals surface area contributed by atoms with Gasteiger partial charge in [0, 0.05) is 18.7 Å². The quantitative estimate of drug-likeness (QED) is 0.622. The van der Waals surface area contributed by atoms with Crippen LogP contribution in [0.2, 0.25) is 0 Å². The lowest BCUT2D eigenvalue weighted by molar-refractivity contribution is -0.113. The molecule has 1 aliphatic carbocycles. The Morgan fingerprint density at radius 1 is 1.21 bits per heavy atom. The van der Waals surface area contributed by atoms with E-state index in [1.807, 2.05) is 26.0 Å². The van der Waals surface area contributed by atoms with Gasteiger partial charge in [0.05, 0.1) is 5.75 Å². The molecule has 28 heavy (non-hydrogen) atoms. The molecule has 0 spiro atoms. The van der Waals surface area contributed by atoms with E-state index in [2.05, 4.69) is 33.1 Å². The minimum Gasteiger partial charge on any atom is -0.325 e. The number of nitrogens with zero attached hydrogens (tertiary/aromatic N) is 3. The standard InChI is InChI=1S/C22H32N4OS/c1-4-26-20(13-12-18-8-6-5-7-9-18)24-25-22(26)28-15-21(27)23-19-14-16(2)10-11-17(19)3/h10-11,14,18H,4-9,12-13,15H2,1-3H3,(H,23,27). The first-order chi connectivity index (χ1) is 13.6. The molecule has 0 radical (unpaired) electrons. The zero-order valence-corrected chi connectivity index (χ0v) is 18.1. The highest BCUT2D eigenvalue weighted by molar-refractivity contribution is 7.99. The van der Waals surface area contributed by atoms with Gasteiger partial charge < -0.3 is 9.88 Å². The second kappa shape index (κ2) is 10.1. The Morgan fingerprint density at radius 2 is 2.00 bits per heavy atom. The van der Waals surface area contributed by atoms with Crippen molar-refractivity contribution in [1.29, 1.82) is 0 Å². The number of thioether (sulfide) groups is 1. The highest BCUT2D eigenvalue weighted by atomic mass is 32.2. The first-order valence-electron chi connectivity index (χ1n) is 10.5. The number of anilines is 1. The average Bonchev–Trinajstić information content (AvgIpc) is 3.10. The summed E-state index contributed by atoms with van der Waals surface area (Å²) in [5.41, 5.74) is 3.10. The maximum atomic E-state index is 12.4. The zero-order chi connectivity index (χ0) is 19.9. The van der Waals surface area contributed by atoms with Crippen LogP contribution in [-0.2, 0) is 17.8 Å². The van der Waals surface area contributed by atoms with Crippen LogP contribution >= 0.6 is 11.8 Å². The van der Waals surface area contributed by atoms with Crippen LogP contribution in [0.25, 0.3) is 0 Å². The fourth-order valence-electron chi connectivity index (χ4n) is 3.92. The molecule has 1 amide bonds. The van der Waals surface area contributed by atoms with Gasteiger partial charge >= 0.3 is 0 Å². The van der Waals surface area contributed by atoms with Gasteiger partial charge in [-0.2, -0.15) is 0 Å². The second-order valence-electron chi connectivity index (χ2n) is 7.84. The minimum absolute atomic E-state index is 0.00638. The molecule has 0 aliphatic heterocycles. The molecule has 1 heterocycles. The number of amides is 1. The van der Waals surface area contributed by atoms with Crippen molar-refractivity contribution in [3.63, 3.8) is 0 Å². The van der Waals surface area contributed by atoms with E-state index in [1.54, 1.807) is 0 Å². The second-order valence-corrected chi connectivity index (χ2v) is 8.78. The maximum Gasteiger partial charge on any atom is 0.234 e. The Morgan fingerprint density at radius 3 is 2.75 bits per heavy atom. The van der Waals surface area contributed by atoms with Crippen LogP contribution in [0.4, 0.5) is 5.69 Å². The van der Waals surface area contributed by atoms with Gasteiger partial charge in [-0.05, 0) is 50.3 Å². The van der Waals surface area contributed by atoms with Crippen molar-refractivity contribution in [3.8, 4) is 0 Å². The van der Waals surface area contributed by atoms with Gasteiger partial charge in [-0.15, -0.1) is 10.2 Å². The van der Waals surface area contributed by atoms with E-state index in [0.29, 0.717) is 5.75 Å². The highest BCUT2D eigenvalue weighted by Gasteiger charge is 2.17. The SMILES string of the molecule is CCn1c(CCC2CCCCC2)nnc1SCC(=O)Nc1cc(C)ccc1C. The van der Waals surface area contributed by atoms with Gasteiger partial charge in [0.15, 0.2) is 5.16 Å². The Labute approximate surface area is 172 Å². The predicted molar refractivity (Wildman–Crippen MR) is 116 cm³/mol. The van der Waals surface area contributed by atoms with Crippen molar-refractivity contribution in [3.05, 3.63) is 35.2 Å². The summed E-state index contributed by atoms with van der Waals surface area (Å²) in [6.45, 7) is 7.00. The molecule has 1 aromatic heterocycles. The van der Waals surface area contributed by atoms with Gasteiger partial charge in [-0.25, -0.2) is 0 Å². The van der Waals surface area contributed by atoms with Gasteiger partial charge in [0.1, 0.15) is 5.82 Å². The molecule has 1 aromatic carbocycles. The van der Waals surface area contributed by atoms with E-state index >= 15 is 0 Å². The number of hydrogen-bond acceptors (Lipinski definition) is 4. The van der Waals surface area contributed by atoms with E-state index in [4.69, 9.17) is 0 Å². The Balaban J connectivity index is 1.54. The molecule has 0 atom stereocenters. The number of aromatic nitrogens is 3. The van der Waals surface area contributed by atoms with Crippen LogP contribution in [0, 0.1) is 19.8 Å².